The predicted octanol–water partition coefficient (Wildman–Crippen LogP) is 1.45. The van der Waals surface area contributed by atoms with Crippen molar-refractivity contribution in [2.24, 2.45) is 0 Å². The van der Waals surface area contributed by atoms with Crippen LogP contribution in [0.4, 0.5) is 0 Å². The number of ether oxygens (including phenoxy) is 1. The first-order chi connectivity index (χ1) is 6.11. The molecule has 0 amide bonds. The molecule has 0 heterocycles. The third kappa shape index (κ3) is 5.42. The van der Waals surface area contributed by atoms with Crippen molar-refractivity contribution in [1.82, 2.24) is 4.90 Å². The molecule has 0 rings (SSSR count). The smallest absolute Gasteiger partial charge is 0.319 e. The van der Waals surface area contributed by atoms with Gasteiger partial charge >= 0.3 is 5.97 Å². The van der Waals surface area contributed by atoms with Crippen LogP contribution in [0.25, 0.3) is 0 Å². The highest BCUT2D eigenvalue weighted by atomic mass is 16.5. The van der Waals surface area contributed by atoms with E-state index in [2.05, 4.69) is 30.1 Å². The van der Waals surface area contributed by atoms with Crippen molar-refractivity contribution in [1.29, 1.82) is 0 Å². The van der Waals surface area contributed by atoms with Crippen molar-refractivity contribution in [3.8, 4) is 0 Å². The molecule has 0 aliphatic rings. The zero-order valence-electron chi connectivity index (χ0n) is 8.75. The molecule has 3 heteroatoms. The summed E-state index contributed by atoms with van der Waals surface area (Å²) in [7, 11) is 1.41. The van der Waals surface area contributed by atoms with Gasteiger partial charge in [0.15, 0.2) is 0 Å². The summed E-state index contributed by atoms with van der Waals surface area (Å²) in [6, 6.07) is 0.360. The van der Waals surface area contributed by atoms with E-state index < -0.39 is 0 Å². The molecule has 0 spiro atoms. The fraction of sp³-hybridized carbons (Fsp3) is 0.700. The summed E-state index contributed by atoms with van der Waals surface area (Å²) in [5.41, 5.74) is 0. The number of methoxy groups -OCH3 is 1. The van der Waals surface area contributed by atoms with Gasteiger partial charge in [-0.05, 0) is 20.3 Å². The van der Waals surface area contributed by atoms with Crippen molar-refractivity contribution >= 4 is 5.97 Å². The van der Waals surface area contributed by atoms with Crippen LogP contribution in [0, 0.1) is 0 Å². The molecule has 0 aliphatic heterocycles. The largest absolute Gasteiger partial charge is 0.468 e. The molecule has 0 saturated carbocycles. The Hall–Kier alpha value is -0.830. The topological polar surface area (TPSA) is 29.5 Å². The lowest BCUT2D eigenvalue weighted by molar-refractivity contribution is -0.142. The van der Waals surface area contributed by atoms with Crippen LogP contribution < -0.4 is 0 Å². The standard InChI is InChI=1S/C10H19NO2/c1-5-6-7-11(9(2)3)8-10(12)13-4/h5,9H,1,6-8H2,2-4H3. The molecule has 0 N–H and O–H groups in total. The van der Waals surface area contributed by atoms with Gasteiger partial charge in [0.25, 0.3) is 0 Å². The number of carbonyl (C=O) groups excluding carboxylic acids is 1. The summed E-state index contributed by atoms with van der Waals surface area (Å²) in [5, 5.41) is 0. The monoisotopic (exact) mass is 185 g/mol. The van der Waals surface area contributed by atoms with Crippen LogP contribution in [-0.2, 0) is 9.53 Å². The molecule has 0 unspecified atom stereocenters. The van der Waals surface area contributed by atoms with E-state index >= 15 is 0 Å². The molecule has 0 fully saturated rings. The van der Waals surface area contributed by atoms with Gasteiger partial charge in [-0.3, -0.25) is 9.69 Å². The van der Waals surface area contributed by atoms with Gasteiger partial charge < -0.3 is 4.74 Å². The second-order valence-corrected chi connectivity index (χ2v) is 3.22. The number of carbonyl (C=O) groups is 1. The van der Waals surface area contributed by atoms with E-state index in [1.807, 2.05) is 6.08 Å². The Morgan fingerprint density at radius 2 is 2.23 bits per heavy atom. The highest BCUT2D eigenvalue weighted by Gasteiger charge is 2.12. The Kier molecular flexibility index (Phi) is 6.24. The van der Waals surface area contributed by atoms with Gasteiger partial charge in [-0.2, -0.15) is 0 Å². The Morgan fingerprint density at radius 1 is 1.62 bits per heavy atom. The van der Waals surface area contributed by atoms with E-state index in [4.69, 9.17) is 0 Å². The van der Waals surface area contributed by atoms with Crippen LogP contribution in [0.5, 0.6) is 0 Å². The maximum absolute atomic E-state index is 11.0. The first kappa shape index (κ1) is 12.2. The van der Waals surface area contributed by atoms with Crippen molar-refractivity contribution in [3.05, 3.63) is 12.7 Å². The fourth-order valence-corrected chi connectivity index (χ4v) is 1.01. The molecule has 76 valence electrons. The average molecular weight is 185 g/mol. The molecule has 0 aromatic rings. The first-order valence-electron chi connectivity index (χ1n) is 4.53. The lowest BCUT2D eigenvalue weighted by atomic mass is 10.3. The highest BCUT2D eigenvalue weighted by Crippen LogP contribution is 2.00. The zero-order valence-corrected chi connectivity index (χ0v) is 8.75. The number of nitrogens with zero attached hydrogens (tertiary/aromatic N) is 1. The molecule has 3 nitrogen and oxygen atoms in total. The predicted molar refractivity (Wildman–Crippen MR) is 53.5 cm³/mol. The maximum Gasteiger partial charge on any atom is 0.319 e. The minimum atomic E-state index is -0.183. The fourth-order valence-electron chi connectivity index (χ4n) is 1.01. The molecular formula is C10H19NO2. The molecule has 0 radical (unpaired) electrons. The van der Waals surface area contributed by atoms with Crippen molar-refractivity contribution in [2.75, 3.05) is 20.2 Å². The van der Waals surface area contributed by atoms with Gasteiger partial charge in [0, 0.05) is 12.6 Å². The van der Waals surface area contributed by atoms with Gasteiger partial charge in [0.2, 0.25) is 0 Å². The lowest BCUT2D eigenvalue weighted by Crippen LogP contribution is -2.36. The zero-order chi connectivity index (χ0) is 10.3. The minimum Gasteiger partial charge on any atom is -0.468 e. The van der Waals surface area contributed by atoms with Gasteiger partial charge in [-0.25, -0.2) is 0 Å². The quantitative estimate of drug-likeness (QED) is 0.463. The number of rotatable bonds is 6. The Balaban J connectivity index is 3.93. The lowest BCUT2D eigenvalue weighted by Gasteiger charge is -2.24. The molecule has 0 bridgehead atoms. The summed E-state index contributed by atoms with van der Waals surface area (Å²) >= 11 is 0. The van der Waals surface area contributed by atoms with E-state index in [0.717, 1.165) is 13.0 Å². The number of hydrogen-bond donors (Lipinski definition) is 0. The van der Waals surface area contributed by atoms with Crippen LogP contribution >= 0.6 is 0 Å². The summed E-state index contributed by atoms with van der Waals surface area (Å²) < 4.78 is 4.60. The number of esters is 1. The second-order valence-electron chi connectivity index (χ2n) is 3.22. The van der Waals surface area contributed by atoms with Crippen LogP contribution in [0.2, 0.25) is 0 Å². The number of hydrogen-bond acceptors (Lipinski definition) is 3. The van der Waals surface area contributed by atoms with Crippen molar-refractivity contribution in [2.45, 2.75) is 26.3 Å². The van der Waals surface area contributed by atoms with Crippen LogP contribution in [-0.4, -0.2) is 37.1 Å². The third-order valence-electron chi connectivity index (χ3n) is 1.91. The molecule has 0 saturated heterocycles. The second kappa shape index (κ2) is 6.66. The van der Waals surface area contributed by atoms with Crippen LogP contribution in [0.3, 0.4) is 0 Å². The van der Waals surface area contributed by atoms with Gasteiger partial charge in [0.1, 0.15) is 0 Å². The van der Waals surface area contributed by atoms with Crippen molar-refractivity contribution in [3.63, 3.8) is 0 Å². The van der Waals surface area contributed by atoms with Crippen LogP contribution in [0.15, 0.2) is 12.7 Å². The molecule has 0 aliphatic carbocycles. The van der Waals surface area contributed by atoms with E-state index in [1.165, 1.54) is 7.11 Å². The molecule has 0 atom stereocenters. The first-order valence-corrected chi connectivity index (χ1v) is 4.53. The van der Waals surface area contributed by atoms with E-state index in [0.29, 0.717) is 12.6 Å². The van der Waals surface area contributed by atoms with Gasteiger partial charge in [0.05, 0.1) is 13.7 Å². The summed E-state index contributed by atoms with van der Waals surface area (Å²) in [4.78, 5) is 13.1. The van der Waals surface area contributed by atoms with E-state index in [9.17, 15) is 4.79 Å². The molecular weight excluding hydrogens is 166 g/mol. The highest BCUT2D eigenvalue weighted by molar-refractivity contribution is 5.71. The Labute approximate surface area is 80.4 Å². The Morgan fingerprint density at radius 3 is 2.62 bits per heavy atom. The molecule has 0 aromatic heterocycles. The minimum absolute atomic E-state index is 0.183. The SMILES string of the molecule is C=CCCN(CC(=O)OC)C(C)C. The third-order valence-corrected chi connectivity index (χ3v) is 1.91. The van der Waals surface area contributed by atoms with Crippen LogP contribution in [0.1, 0.15) is 20.3 Å². The average Bonchev–Trinajstić information content (AvgIpc) is 2.11. The summed E-state index contributed by atoms with van der Waals surface area (Å²) in [6.07, 6.45) is 2.75. The van der Waals surface area contributed by atoms with Gasteiger partial charge in [-0.1, -0.05) is 6.08 Å². The van der Waals surface area contributed by atoms with Gasteiger partial charge in [-0.15, -0.1) is 6.58 Å². The van der Waals surface area contributed by atoms with Crippen molar-refractivity contribution < 1.29 is 9.53 Å². The maximum atomic E-state index is 11.0. The van der Waals surface area contributed by atoms with E-state index in [1.54, 1.807) is 0 Å². The summed E-state index contributed by atoms with van der Waals surface area (Å²) in [6.45, 7) is 8.99. The molecule has 0 aromatic carbocycles. The molecule has 13 heavy (non-hydrogen) atoms. The Bertz CT molecular complexity index is 166. The summed E-state index contributed by atoms with van der Waals surface area (Å²) in [5.74, 6) is -0.183. The van der Waals surface area contributed by atoms with E-state index in [-0.39, 0.29) is 5.97 Å². The normalized spacial score (nSPS) is 10.5.